The van der Waals surface area contributed by atoms with Gasteiger partial charge in [0.1, 0.15) is 5.82 Å². The number of amides is 1. The zero-order chi connectivity index (χ0) is 13.9. The molecule has 0 bridgehead atoms. The molecule has 0 saturated carbocycles. The third-order valence-corrected chi connectivity index (χ3v) is 4.45. The smallest absolute Gasteiger partial charge is 0.239 e. The van der Waals surface area contributed by atoms with Crippen LogP contribution in [0.25, 0.3) is 0 Å². The first-order valence-corrected chi connectivity index (χ1v) is 7.92. The van der Waals surface area contributed by atoms with Crippen molar-refractivity contribution >= 4 is 40.1 Å². The summed E-state index contributed by atoms with van der Waals surface area (Å²) in [5, 5.41) is 3.28. The van der Waals surface area contributed by atoms with Crippen LogP contribution in [-0.4, -0.2) is 54.6 Å². The molecule has 2 aliphatic heterocycles. The van der Waals surface area contributed by atoms with Gasteiger partial charge >= 0.3 is 0 Å². The monoisotopic (exact) mass is 374 g/mol. The summed E-state index contributed by atoms with van der Waals surface area (Å²) < 4.78 is 0.988. The van der Waals surface area contributed by atoms with Gasteiger partial charge in [-0.15, -0.1) is 12.4 Å². The molecule has 1 aromatic heterocycles. The van der Waals surface area contributed by atoms with Gasteiger partial charge in [-0.1, -0.05) is 0 Å². The van der Waals surface area contributed by atoms with Gasteiger partial charge in [0.2, 0.25) is 5.91 Å². The van der Waals surface area contributed by atoms with E-state index in [1.165, 1.54) is 0 Å². The van der Waals surface area contributed by atoms with Gasteiger partial charge < -0.3 is 15.1 Å². The lowest BCUT2D eigenvalue weighted by atomic mass is 10.2. The van der Waals surface area contributed by atoms with Crippen LogP contribution in [0.3, 0.4) is 0 Å². The van der Waals surface area contributed by atoms with Crippen LogP contribution in [0.2, 0.25) is 0 Å². The molecule has 7 heteroatoms. The SMILES string of the molecule is Cl.O=C(C1CCCN1)N1CCN(c2ccc(Br)cn2)CC1. The number of halogens is 2. The lowest BCUT2D eigenvalue weighted by Crippen LogP contribution is -2.53. The minimum absolute atomic E-state index is 0. The molecule has 1 unspecified atom stereocenters. The van der Waals surface area contributed by atoms with Crippen molar-refractivity contribution in [1.82, 2.24) is 15.2 Å². The summed E-state index contributed by atoms with van der Waals surface area (Å²) in [6, 6.07) is 4.06. The minimum atomic E-state index is 0. The van der Waals surface area contributed by atoms with E-state index in [1.807, 2.05) is 23.2 Å². The highest BCUT2D eigenvalue weighted by atomic mass is 79.9. The van der Waals surface area contributed by atoms with Crippen LogP contribution in [0.1, 0.15) is 12.8 Å². The number of pyridine rings is 1. The molecule has 1 atom stereocenters. The summed E-state index contributed by atoms with van der Waals surface area (Å²) >= 11 is 3.39. The number of piperazine rings is 1. The largest absolute Gasteiger partial charge is 0.353 e. The summed E-state index contributed by atoms with van der Waals surface area (Å²) in [5.74, 6) is 1.25. The van der Waals surface area contributed by atoms with E-state index in [-0.39, 0.29) is 24.4 Å². The summed E-state index contributed by atoms with van der Waals surface area (Å²) in [4.78, 5) is 20.9. The number of aromatic nitrogens is 1. The van der Waals surface area contributed by atoms with Crippen LogP contribution in [0.5, 0.6) is 0 Å². The van der Waals surface area contributed by atoms with Crippen molar-refractivity contribution in [3.8, 4) is 0 Å². The van der Waals surface area contributed by atoms with Gasteiger partial charge in [0.25, 0.3) is 0 Å². The van der Waals surface area contributed by atoms with Crippen molar-refractivity contribution in [2.75, 3.05) is 37.6 Å². The zero-order valence-electron chi connectivity index (χ0n) is 11.8. The van der Waals surface area contributed by atoms with Gasteiger partial charge in [-0.25, -0.2) is 4.98 Å². The molecule has 2 aliphatic rings. The van der Waals surface area contributed by atoms with Gasteiger partial charge in [-0.3, -0.25) is 4.79 Å². The molecule has 3 heterocycles. The predicted octanol–water partition coefficient (Wildman–Crippen LogP) is 1.67. The van der Waals surface area contributed by atoms with Gasteiger partial charge in [0, 0.05) is 36.8 Å². The number of carbonyl (C=O) groups is 1. The molecular weight excluding hydrogens is 356 g/mol. The Morgan fingerprint density at radius 2 is 2.05 bits per heavy atom. The highest BCUT2D eigenvalue weighted by molar-refractivity contribution is 9.10. The molecule has 1 amide bonds. The van der Waals surface area contributed by atoms with Crippen LogP contribution in [0.4, 0.5) is 5.82 Å². The first kappa shape index (κ1) is 16.5. The van der Waals surface area contributed by atoms with Crippen molar-refractivity contribution < 1.29 is 4.79 Å². The molecule has 3 rings (SSSR count). The Hall–Kier alpha value is -0.850. The first-order chi connectivity index (χ1) is 9.74. The molecule has 2 saturated heterocycles. The number of nitrogens with one attached hydrogen (secondary N) is 1. The Morgan fingerprint density at radius 1 is 1.29 bits per heavy atom. The first-order valence-electron chi connectivity index (χ1n) is 7.13. The fourth-order valence-corrected chi connectivity index (χ4v) is 3.06. The van der Waals surface area contributed by atoms with Crippen LogP contribution >= 0.6 is 28.3 Å². The summed E-state index contributed by atoms with van der Waals surface area (Å²) in [7, 11) is 0. The number of hydrogen-bond acceptors (Lipinski definition) is 4. The lowest BCUT2D eigenvalue weighted by Gasteiger charge is -2.36. The molecule has 0 aromatic carbocycles. The van der Waals surface area contributed by atoms with E-state index in [0.717, 1.165) is 55.9 Å². The van der Waals surface area contributed by atoms with Crippen LogP contribution < -0.4 is 10.2 Å². The maximum Gasteiger partial charge on any atom is 0.239 e. The van der Waals surface area contributed by atoms with Gasteiger partial charge in [0.15, 0.2) is 0 Å². The Balaban J connectivity index is 0.00000161. The molecule has 116 valence electrons. The number of carbonyl (C=O) groups excluding carboxylic acids is 1. The predicted molar refractivity (Wildman–Crippen MR) is 89.0 cm³/mol. The number of hydrogen-bond donors (Lipinski definition) is 1. The Kier molecular flexibility index (Phi) is 5.84. The van der Waals surface area contributed by atoms with Crippen LogP contribution in [0, 0.1) is 0 Å². The molecule has 0 aliphatic carbocycles. The molecule has 1 aromatic rings. The zero-order valence-corrected chi connectivity index (χ0v) is 14.2. The van der Waals surface area contributed by atoms with Gasteiger partial charge in [0.05, 0.1) is 6.04 Å². The molecule has 21 heavy (non-hydrogen) atoms. The number of anilines is 1. The van der Waals surface area contributed by atoms with E-state index >= 15 is 0 Å². The fraction of sp³-hybridized carbons (Fsp3) is 0.571. The molecule has 2 fully saturated rings. The quantitative estimate of drug-likeness (QED) is 0.854. The summed E-state index contributed by atoms with van der Waals surface area (Å²) in [6.07, 6.45) is 3.90. The normalized spacial score (nSPS) is 22.0. The molecular formula is C14H20BrClN4O. The van der Waals surface area contributed by atoms with Crippen molar-refractivity contribution in [3.05, 3.63) is 22.8 Å². The van der Waals surface area contributed by atoms with Crippen molar-refractivity contribution in [2.45, 2.75) is 18.9 Å². The third-order valence-electron chi connectivity index (χ3n) is 3.99. The highest BCUT2D eigenvalue weighted by Crippen LogP contribution is 2.17. The maximum absolute atomic E-state index is 12.3. The molecule has 0 spiro atoms. The van der Waals surface area contributed by atoms with E-state index in [0.29, 0.717) is 0 Å². The van der Waals surface area contributed by atoms with Gasteiger partial charge in [-0.05, 0) is 47.4 Å². The summed E-state index contributed by atoms with van der Waals surface area (Å²) in [6.45, 7) is 4.25. The Bertz CT molecular complexity index is 470. The second kappa shape index (κ2) is 7.42. The van der Waals surface area contributed by atoms with Crippen molar-refractivity contribution in [1.29, 1.82) is 0 Å². The highest BCUT2D eigenvalue weighted by Gasteiger charge is 2.29. The standard InChI is InChI=1S/C14H19BrN4O.ClH/c15-11-3-4-13(17-10-11)18-6-8-19(9-7-18)14(20)12-2-1-5-16-12;/h3-4,10,12,16H,1-2,5-9H2;1H. The Labute approximate surface area is 139 Å². The molecule has 0 radical (unpaired) electrons. The molecule has 1 N–H and O–H groups in total. The second-order valence-corrected chi connectivity index (χ2v) is 6.21. The fourth-order valence-electron chi connectivity index (χ4n) is 2.83. The van der Waals surface area contributed by atoms with Crippen molar-refractivity contribution in [2.24, 2.45) is 0 Å². The minimum Gasteiger partial charge on any atom is -0.353 e. The molecule has 5 nitrogen and oxygen atoms in total. The van der Waals surface area contributed by atoms with Crippen molar-refractivity contribution in [3.63, 3.8) is 0 Å². The van der Waals surface area contributed by atoms with E-state index < -0.39 is 0 Å². The van der Waals surface area contributed by atoms with E-state index in [1.54, 1.807) is 0 Å². The average Bonchev–Trinajstić information content (AvgIpc) is 3.02. The lowest BCUT2D eigenvalue weighted by molar-refractivity contribution is -0.133. The van der Waals surface area contributed by atoms with Crippen LogP contribution in [-0.2, 0) is 4.79 Å². The topological polar surface area (TPSA) is 48.5 Å². The van der Waals surface area contributed by atoms with Gasteiger partial charge in [-0.2, -0.15) is 0 Å². The second-order valence-electron chi connectivity index (χ2n) is 5.30. The number of nitrogens with zero attached hydrogens (tertiary/aromatic N) is 3. The average molecular weight is 376 g/mol. The third kappa shape index (κ3) is 3.87. The number of rotatable bonds is 2. The van der Waals surface area contributed by atoms with E-state index in [4.69, 9.17) is 0 Å². The Morgan fingerprint density at radius 3 is 2.62 bits per heavy atom. The van der Waals surface area contributed by atoms with E-state index in [2.05, 4.69) is 31.1 Å². The maximum atomic E-state index is 12.3. The summed E-state index contributed by atoms with van der Waals surface area (Å²) in [5.41, 5.74) is 0. The van der Waals surface area contributed by atoms with E-state index in [9.17, 15) is 4.79 Å². The van der Waals surface area contributed by atoms with Crippen LogP contribution in [0.15, 0.2) is 22.8 Å².